The van der Waals surface area contributed by atoms with Crippen molar-refractivity contribution in [3.05, 3.63) is 118 Å². The number of hydrogen-bond donors (Lipinski definition) is 0. The molecule has 0 bridgehead atoms. The second kappa shape index (κ2) is 9.80. The maximum Gasteiger partial charge on any atom is 0.338 e. The van der Waals surface area contributed by atoms with E-state index < -0.39 is 5.60 Å². The van der Waals surface area contributed by atoms with Crippen LogP contribution in [-0.4, -0.2) is 16.1 Å². The fourth-order valence-corrected chi connectivity index (χ4v) is 3.59. The van der Waals surface area contributed by atoms with Gasteiger partial charge in [0.2, 0.25) is 0 Å². The third kappa shape index (κ3) is 6.02. The second-order valence-electron chi connectivity index (χ2n) is 9.25. The number of aromatic nitrogens is 1. The Morgan fingerprint density at radius 2 is 1.62 bits per heavy atom. The highest BCUT2D eigenvalue weighted by Gasteiger charge is 2.17. The van der Waals surface area contributed by atoms with Crippen molar-refractivity contribution in [2.45, 2.75) is 39.3 Å². The minimum atomic E-state index is -0.543. The summed E-state index contributed by atoms with van der Waals surface area (Å²) in [6.07, 6.45) is 2.56. The average Bonchev–Trinajstić information content (AvgIpc) is 2.80. The monoisotopic (exact) mass is 449 g/mol. The van der Waals surface area contributed by atoms with Crippen LogP contribution in [0.5, 0.6) is 0 Å². The second-order valence-corrected chi connectivity index (χ2v) is 9.25. The summed E-state index contributed by atoms with van der Waals surface area (Å²) in [4.78, 5) is 24.9. The third-order valence-corrected chi connectivity index (χ3v) is 5.25. The average molecular weight is 450 g/mol. The molecule has 0 spiro atoms. The van der Waals surface area contributed by atoms with E-state index in [4.69, 9.17) is 4.74 Å². The molecule has 0 saturated carbocycles. The van der Waals surface area contributed by atoms with Gasteiger partial charge in [0.25, 0.3) is 5.56 Å². The van der Waals surface area contributed by atoms with Gasteiger partial charge in [-0.05, 0) is 66.9 Å². The number of hydrogen-bond acceptors (Lipinski definition) is 3. The Morgan fingerprint density at radius 3 is 2.32 bits per heavy atom. The van der Waals surface area contributed by atoms with Gasteiger partial charge in [-0.3, -0.25) is 4.79 Å². The minimum absolute atomic E-state index is 0.0772. The van der Waals surface area contributed by atoms with Crippen molar-refractivity contribution in [1.29, 1.82) is 0 Å². The fraction of sp³-hybridized carbons (Fsp3) is 0.200. The number of esters is 1. The molecule has 170 valence electrons. The van der Waals surface area contributed by atoms with Crippen LogP contribution in [0.15, 0.2) is 89.9 Å². The van der Waals surface area contributed by atoms with Crippen molar-refractivity contribution < 1.29 is 9.53 Å². The summed E-state index contributed by atoms with van der Waals surface area (Å²) in [6, 6.07) is 24.8. The summed E-state index contributed by atoms with van der Waals surface area (Å²) in [5.74, 6) is 6.08. The molecule has 4 aromatic rings. The molecule has 3 aromatic carbocycles. The van der Waals surface area contributed by atoms with Crippen molar-refractivity contribution in [2.75, 3.05) is 0 Å². The molecule has 0 aliphatic heterocycles. The third-order valence-electron chi connectivity index (χ3n) is 5.25. The first-order valence-electron chi connectivity index (χ1n) is 11.3. The predicted octanol–water partition coefficient (Wildman–Crippen LogP) is 5.60. The van der Waals surface area contributed by atoms with Gasteiger partial charge < -0.3 is 9.30 Å². The maximum absolute atomic E-state index is 12.6. The summed E-state index contributed by atoms with van der Waals surface area (Å²) >= 11 is 0. The zero-order valence-electron chi connectivity index (χ0n) is 19.7. The molecule has 0 radical (unpaired) electrons. The summed E-state index contributed by atoms with van der Waals surface area (Å²) < 4.78 is 7.08. The van der Waals surface area contributed by atoms with Crippen molar-refractivity contribution in [2.24, 2.45) is 0 Å². The number of nitrogens with zero attached hydrogens (tertiary/aromatic N) is 1. The molecule has 0 N–H and O–H groups in total. The van der Waals surface area contributed by atoms with Crippen LogP contribution < -0.4 is 5.56 Å². The van der Waals surface area contributed by atoms with E-state index in [1.807, 2.05) is 75.5 Å². The molecular formula is C30H27NO3. The lowest BCUT2D eigenvalue weighted by Gasteiger charge is -2.19. The van der Waals surface area contributed by atoms with E-state index in [0.29, 0.717) is 18.5 Å². The van der Waals surface area contributed by atoms with Crippen molar-refractivity contribution in [1.82, 2.24) is 4.57 Å². The normalized spacial score (nSPS) is 11.0. The molecule has 0 atom stereocenters. The highest BCUT2D eigenvalue weighted by molar-refractivity contribution is 5.89. The Labute approximate surface area is 199 Å². The molecule has 0 fully saturated rings. The molecule has 1 heterocycles. The van der Waals surface area contributed by atoms with E-state index in [0.717, 1.165) is 21.9 Å². The molecule has 0 aliphatic carbocycles. The number of fused-ring (bicyclic) bond motifs is 1. The van der Waals surface area contributed by atoms with Gasteiger partial charge in [-0.1, -0.05) is 60.4 Å². The Balaban J connectivity index is 1.52. The van der Waals surface area contributed by atoms with Crippen LogP contribution in [0, 0.1) is 11.8 Å². The molecular weight excluding hydrogens is 422 g/mol. The van der Waals surface area contributed by atoms with Crippen LogP contribution in [-0.2, 0) is 17.7 Å². The van der Waals surface area contributed by atoms with Crippen LogP contribution in [0.4, 0.5) is 0 Å². The molecule has 0 unspecified atom stereocenters. The van der Waals surface area contributed by atoms with Crippen LogP contribution in [0.1, 0.15) is 47.8 Å². The van der Waals surface area contributed by atoms with Gasteiger partial charge in [0.05, 0.1) is 12.1 Å². The van der Waals surface area contributed by atoms with Crippen LogP contribution in [0.25, 0.3) is 10.8 Å². The van der Waals surface area contributed by atoms with Gasteiger partial charge in [-0.2, -0.15) is 0 Å². The predicted molar refractivity (Wildman–Crippen MR) is 136 cm³/mol. The van der Waals surface area contributed by atoms with Crippen molar-refractivity contribution >= 4 is 16.7 Å². The number of benzene rings is 3. The lowest BCUT2D eigenvalue weighted by Crippen LogP contribution is -2.24. The molecule has 0 amide bonds. The van der Waals surface area contributed by atoms with Crippen LogP contribution in [0.2, 0.25) is 0 Å². The number of rotatable bonds is 4. The number of ether oxygens (including phenoxy) is 1. The first kappa shape index (κ1) is 23.1. The Bertz CT molecular complexity index is 1430. The molecule has 4 nitrogen and oxygen atoms in total. The first-order chi connectivity index (χ1) is 16.3. The maximum atomic E-state index is 12.6. The lowest BCUT2D eigenvalue weighted by molar-refractivity contribution is 0.00695. The number of carbonyl (C=O) groups excluding carboxylic acids is 1. The largest absolute Gasteiger partial charge is 0.456 e. The van der Waals surface area contributed by atoms with Gasteiger partial charge >= 0.3 is 5.97 Å². The van der Waals surface area contributed by atoms with Crippen LogP contribution in [0.3, 0.4) is 0 Å². The summed E-state index contributed by atoms with van der Waals surface area (Å²) in [5, 5.41) is 1.84. The zero-order chi connectivity index (χ0) is 24.1. The summed E-state index contributed by atoms with van der Waals surface area (Å²) in [6.45, 7) is 5.93. The molecule has 4 rings (SSSR count). The van der Waals surface area contributed by atoms with E-state index in [9.17, 15) is 9.59 Å². The minimum Gasteiger partial charge on any atom is -0.456 e. The topological polar surface area (TPSA) is 48.3 Å². The van der Waals surface area contributed by atoms with Gasteiger partial charge in [-0.15, -0.1) is 0 Å². The summed E-state index contributed by atoms with van der Waals surface area (Å²) in [5.41, 5.74) is 2.89. The van der Waals surface area contributed by atoms with E-state index in [-0.39, 0.29) is 11.5 Å². The van der Waals surface area contributed by atoms with E-state index in [1.54, 1.807) is 22.8 Å². The lowest BCUT2D eigenvalue weighted by atomic mass is 10.1. The molecule has 4 heteroatoms. The van der Waals surface area contributed by atoms with Crippen LogP contribution >= 0.6 is 0 Å². The van der Waals surface area contributed by atoms with E-state index in [2.05, 4.69) is 24.0 Å². The standard InChI is InChI=1S/C30H27NO3/c1-30(2,3)34-29(33)25-15-13-24(14-16-25)20-31-21-27-18-23(12-17-26(27)19-28(31)32)11-7-10-22-8-5-4-6-9-22/h4-6,8-9,12-19,21H,10,20H2,1-3H3. The zero-order valence-corrected chi connectivity index (χ0v) is 19.7. The SMILES string of the molecule is CC(C)(C)OC(=O)c1ccc(Cn2cc3cc(C#CCc4ccccc4)ccc3cc2=O)cc1. The Hall–Kier alpha value is -4.10. The first-order valence-corrected chi connectivity index (χ1v) is 11.3. The van der Waals surface area contributed by atoms with Gasteiger partial charge in [-0.25, -0.2) is 4.79 Å². The molecule has 1 aromatic heterocycles. The Morgan fingerprint density at radius 1 is 0.882 bits per heavy atom. The number of carbonyl (C=O) groups is 1. The fourth-order valence-electron chi connectivity index (χ4n) is 3.59. The van der Waals surface area contributed by atoms with Crippen molar-refractivity contribution in [3.63, 3.8) is 0 Å². The van der Waals surface area contributed by atoms with E-state index in [1.165, 1.54) is 5.56 Å². The molecule has 34 heavy (non-hydrogen) atoms. The smallest absolute Gasteiger partial charge is 0.338 e. The summed E-state index contributed by atoms with van der Waals surface area (Å²) in [7, 11) is 0. The van der Waals surface area contributed by atoms with Gasteiger partial charge in [0.15, 0.2) is 0 Å². The van der Waals surface area contributed by atoms with E-state index >= 15 is 0 Å². The van der Waals surface area contributed by atoms with Crippen molar-refractivity contribution in [3.8, 4) is 11.8 Å². The highest BCUT2D eigenvalue weighted by Crippen LogP contribution is 2.16. The molecule has 0 aliphatic rings. The molecule has 0 saturated heterocycles. The van der Waals surface area contributed by atoms with Gasteiger partial charge in [0, 0.05) is 24.2 Å². The quantitative estimate of drug-likeness (QED) is 0.301. The highest BCUT2D eigenvalue weighted by atomic mass is 16.6. The Kier molecular flexibility index (Phi) is 6.65. The number of pyridine rings is 1. The van der Waals surface area contributed by atoms with Gasteiger partial charge in [0.1, 0.15) is 5.60 Å².